The van der Waals surface area contributed by atoms with Gasteiger partial charge >= 0.3 is 6.18 Å². The molecule has 174 valence electrons. The fraction of sp³-hybridized carbons (Fsp3) is 0.250. The van der Waals surface area contributed by atoms with Crippen LogP contribution in [0.1, 0.15) is 40.5 Å². The van der Waals surface area contributed by atoms with Gasteiger partial charge < -0.3 is 10.1 Å². The van der Waals surface area contributed by atoms with Crippen LogP contribution in [0, 0.1) is 6.92 Å². The number of nitrogens with zero attached hydrogens (tertiary/aromatic N) is 4. The summed E-state index contributed by atoms with van der Waals surface area (Å²) in [5.41, 5.74) is 2.88. The number of fused-ring (bicyclic) bond motifs is 1. The van der Waals surface area contributed by atoms with Crippen molar-refractivity contribution in [2.24, 2.45) is 0 Å². The van der Waals surface area contributed by atoms with Gasteiger partial charge in [-0.05, 0) is 62.2 Å². The number of aromatic nitrogens is 4. The molecule has 1 aromatic carbocycles. The number of aryl methyl sites for hydroxylation is 1. The second-order valence-electron chi connectivity index (χ2n) is 8.14. The van der Waals surface area contributed by atoms with E-state index in [0.717, 1.165) is 18.5 Å². The molecule has 4 aromatic rings. The van der Waals surface area contributed by atoms with E-state index in [9.17, 15) is 18.0 Å². The molecule has 0 atom stereocenters. The van der Waals surface area contributed by atoms with E-state index in [-0.39, 0.29) is 11.7 Å². The maximum atomic E-state index is 13.3. The lowest BCUT2D eigenvalue weighted by Gasteiger charge is -2.11. The van der Waals surface area contributed by atoms with Gasteiger partial charge in [0.05, 0.1) is 16.6 Å². The molecule has 5 rings (SSSR count). The highest BCUT2D eigenvalue weighted by molar-refractivity contribution is 6.12. The van der Waals surface area contributed by atoms with Crippen LogP contribution in [0.4, 0.5) is 18.9 Å². The third-order valence-corrected chi connectivity index (χ3v) is 5.45. The molecule has 34 heavy (non-hydrogen) atoms. The highest BCUT2D eigenvalue weighted by Gasteiger charge is 2.30. The average molecular weight is 467 g/mol. The van der Waals surface area contributed by atoms with Gasteiger partial charge in [0.15, 0.2) is 18.1 Å². The van der Waals surface area contributed by atoms with Gasteiger partial charge in [-0.3, -0.25) is 4.79 Å². The van der Waals surface area contributed by atoms with Crippen LogP contribution in [0.3, 0.4) is 0 Å². The lowest BCUT2D eigenvalue weighted by Crippen LogP contribution is -2.19. The molecule has 3 aromatic heterocycles. The van der Waals surface area contributed by atoms with Crippen LogP contribution < -0.4 is 10.1 Å². The first kappa shape index (κ1) is 21.9. The van der Waals surface area contributed by atoms with Crippen molar-refractivity contribution in [3.8, 4) is 11.6 Å². The molecule has 0 bridgehead atoms. The van der Waals surface area contributed by atoms with Crippen LogP contribution in [0.5, 0.6) is 5.75 Å². The number of pyridine rings is 2. The molecule has 0 aliphatic heterocycles. The van der Waals surface area contributed by atoms with Gasteiger partial charge in [0, 0.05) is 23.5 Å². The number of nitrogens with one attached hydrogen (secondary N) is 1. The lowest BCUT2D eigenvalue weighted by atomic mass is 10.1. The Labute approximate surface area is 192 Å². The van der Waals surface area contributed by atoms with Crippen molar-refractivity contribution in [2.75, 3.05) is 11.9 Å². The van der Waals surface area contributed by atoms with Crippen LogP contribution in [0.2, 0.25) is 0 Å². The maximum absolute atomic E-state index is 13.3. The Hall–Kier alpha value is -3.95. The summed E-state index contributed by atoms with van der Waals surface area (Å²) in [6.45, 7) is 0.432. The highest BCUT2D eigenvalue weighted by atomic mass is 19.4. The first-order valence-corrected chi connectivity index (χ1v) is 10.7. The molecule has 1 N–H and O–H groups in total. The highest BCUT2D eigenvalue weighted by Crippen LogP contribution is 2.40. The number of benzene rings is 1. The van der Waals surface area contributed by atoms with E-state index in [4.69, 9.17) is 9.72 Å². The van der Waals surface area contributed by atoms with Crippen LogP contribution in [-0.2, 0) is 0 Å². The smallest absolute Gasteiger partial charge is 0.422 e. The molecule has 0 unspecified atom stereocenters. The zero-order valence-electron chi connectivity index (χ0n) is 18.1. The molecule has 10 heteroatoms. The van der Waals surface area contributed by atoms with Crippen molar-refractivity contribution in [1.82, 2.24) is 19.7 Å². The van der Waals surface area contributed by atoms with Gasteiger partial charge in [-0.25, -0.2) is 9.97 Å². The Morgan fingerprint density at radius 1 is 1.18 bits per heavy atom. The summed E-state index contributed by atoms with van der Waals surface area (Å²) in [5.74, 6) is 0.599. The summed E-state index contributed by atoms with van der Waals surface area (Å²) in [4.78, 5) is 22.5. The fourth-order valence-corrected chi connectivity index (χ4v) is 3.71. The second kappa shape index (κ2) is 8.44. The summed E-state index contributed by atoms with van der Waals surface area (Å²) in [6, 6.07) is 13.0. The Morgan fingerprint density at radius 3 is 2.59 bits per heavy atom. The van der Waals surface area contributed by atoms with Crippen LogP contribution in [0.15, 0.2) is 54.7 Å². The number of hydrogen-bond acceptors (Lipinski definition) is 5. The van der Waals surface area contributed by atoms with E-state index in [1.165, 1.54) is 24.3 Å². The summed E-state index contributed by atoms with van der Waals surface area (Å²) >= 11 is 0. The van der Waals surface area contributed by atoms with Gasteiger partial charge in [0.2, 0.25) is 0 Å². The normalized spacial score (nSPS) is 13.8. The molecular formula is C24H20F3N5O2. The third-order valence-electron chi connectivity index (χ3n) is 5.45. The van der Waals surface area contributed by atoms with Crippen molar-refractivity contribution < 1.29 is 22.7 Å². The predicted octanol–water partition coefficient (Wildman–Crippen LogP) is 5.19. The number of carbonyl (C=O) groups is 1. The Kier molecular flexibility index (Phi) is 5.43. The van der Waals surface area contributed by atoms with Crippen LogP contribution in [0.25, 0.3) is 16.9 Å². The van der Waals surface area contributed by atoms with Gasteiger partial charge in [-0.2, -0.15) is 23.0 Å². The number of hydrogen-bond donors (Lipinski definition) is 1. The van der Waals surface area contributed by atoms with Gasteiger partial charge in [-0.15, -0.1) is 0 Å². The zero-order chi connectivity index (χ0) is 23.9. The first-order chi connectivity index (χ1) is 16.3. The first-order valence-electron chi connectivity index (χ1n) is 10.7. The number of amides is 1. The van der Waals surface area contributed by atoms with E-state index in [1.54, 1.807) is 16.9 Å². The summed E-state index contributed by atoms with van der Waals surface area (Å²) in [6.07, 6.45) is -0.736. The van der Waals surface area contributed by atoms with Gasteiger partial charge in [0.25, 0.3) is 5.91 Å². The summed E-state index contributed by atoms with van der Waals surface area (Å²) < 4.78 is 43.4. The van der Waals surface area contributed by atoms with Gasteiger partial charge in [-0.1, -0.05) is 6.07 Å². The zero-order valence-corrected chi connectivity index (χ0v) is 18.1. The predicted molar refractivity (Wildman–Crippen MR) is 119 cm³/mol. The Balaban J connectivity index is 1.47. The molecule has 1 aliphatic rings. The minimum atomic E-state index is -4.42. The molecule has 1 aliphatic carbocycles. The number of anilines is 1. The molecule has 0 radical (unpaired) electrons. The molecule has 1 amide bonds. The van der Waals surface area contributed by atoms with E-state index in [1.807, 2.05) is 25.1 Å². The number of rotatable bonds is 6. The van der Waals surface area contributed by atoms with Crippen molar-refractivity contribution in [3.05, 3.63) is 71.7 Å². The standard InChI is InChI=1S/C24H20F3N5O2/c1-14-21-18(23(33)29-16-7-9-17(10-8-16)34-13-24(25,26)27)12-19(15-5-6-15)30-22(21)32(31-14)20-4-2-3-11-28-20/h2-4,7-12,15H,5-6,13H2,1H3,(H,29,33). The molecule has 0 saturated heterocycles. The lowest BCUT2D eigenvalue weighted by molar-refractivity contribution is -0.153. The van der Waals surface area contributed by atoms with E-state index in [2.05, 4.69) is 15.4 Å². The fourth-order valence-electron chi connectivity index (χ4n) is 3.71. The van der Waals surface area contributed by atoms with Crippen molar-refractivity contribution >= 4 is 22.6 Å². The van der Waals surface area contributed by atoms with Crippen LogP contribution >= 0.6 is 0 Å². The topological polar surface area (TPSA) is 81.9 Å². The molecule has 0 spiro atoms. The van der Waals surface area contributed by atoms with Crippen molar-refractivity contribution in [1.29, 1.82) is 0 Å². The van der Waals surface area contributed by atoms with E-state index < -0.39 is 12.8 Å². The van der Waals surface area contributed by atoms with Crippen molar-refractivity contribution in [3.63, 3.8) is 0 Å². The maximum Gasteiger partial charge on any atom is 0.422 e. The monoisotopic (exact) mass is 467 g/mol. The molecule has 1 fully saturated rings. The second-order valence-corrected chi connectivity index (χ2v) is 8.14. The minimum absolute atomic E-state index is 0.0603. The number of ether oxygens (including phenoxy) is 1. The van der Waals surface area contributed by atoms with E-state index >= 15 is 0 Å². The number of alkyl halides is 3. The average Bonchev–Trinajstić information content (AvgIpc) is 3.62. The largest absolute Gasteiger partial charge is 0.484 e. The number of carbonyl (C=O) groups excluding carboxylic acids is 1. The quantitative estimate of drug-likeness (QED) is 0.422. The van der Waals surface area contributed by atoms with Gasteiger partial charge in [0.1, 0.15) is 5.75 Å². The number of halogens is 3. The van der Waals surface area contributed by atoms with E-state index in [0.29, 0.717) is 39.7 Å². The molecule has 3 heterocycles. The Bertz CT molecular complexity index is 1350. The molecule has 7 nitrogen and oxygen atoms in total. The SMILES string of the molecule is Cc1nn(-c2ccccn2)c2nc(C3CC3)cc(C(=O)Nc3ccc(OCC(F)(F)F)cc3)c12. The minimum Gasteiger partial charge on any atom is -0.484 e. The molecular weight excluding hydrogens is 447 g/mol. The van der Waals surface area contributed by atoms with Crippen LogP contribution in [-0.4, -0.2) is 38.4 Å². The van der Waals surface area contributed by atoms with Crippen molar-refractivity contribution in [2.45, 2.75) is 31.9 Å². The summed E-state index contributed by atoms with van der Waals surface area (Å²) in [7, 11) is 0. The Morgan fingerprint density at radius 2 is 1.94 bits per heavy atom. The molecule has 1 saturated carbocycles. The third kappa shape index (κ3) is 4.57. The summed E-state index contributed by atoms with van der Waals surface area (Å²) in [5, 5.41) is 8.02.